The zero-order chi connectivity index (χ0) is 13.1. The van der Waals surface area contributed by atoms with Crippen LogP contribution in [-0.2, 0) is 0 Å². The van der Waals surface area contributed by atoms with Gasteiger partial charge in [0.15, 0.2) is 0 Å². The van der Waals surface area contributed by atoms with Crippen LogP contribution in [0.2, 0.25) is 0 Å². The Morgan fingerprint density at radius 3 is 2.47 bits per heavy atom. The molecule has 17 heavy (non-hydrogen) atoms. The van der Waals surface area contributed by atoms with Crippen LogP contribution in [0.3, 0.4) is 0 Å². The van der Waals surface area contributed by atoms with E-state index in [0.29, 0.717) is 12.1 Å². The van der Waals surface area contributed by atoms with Gasteiger partial charge in [-0.3, -0.25) is 0 Å². The highest BCUT2D eigenvalue weighted by molar-refractivity contribution is 5.41. The molecule has 96 valence electrons. The van der Waals surface area contributed by atoms with Gasteiger partial charge < -0.3 is 21.3 Å². The topological polar surface area (TPSA) is 78.5 Å². The van der Waals surface area contributed by atoms with Crippen molar-refractivity contribution < 1.29 is 10.2 Å². The van der Waals surface area contributed by atoms with Gasteiger partial charge in [-0.2, -0.15) is 0 Å². The van der Waals surface area contributed by atoms with E-state index >= 15 is 0 Å². The van der Waals surface area contributed by atoms with Gasteiger partial charge in [-0.05, 0) is 26.3 Å². The van der Waals surface area contributed by atoms with Crippen LogP contribution in [0, 0.1) is 0 Å². The number of aromatic hydroxyl groups is 2. The van der Waals surface area contributed by atoms with Crippen molar-refractivity contribution in [2.24, 2.45) is 5.73 Å². The number of phenolic OH excluding ortho intramolecular Hbond substituents is 2. The quantitative estimate of drug-likeness (QED) is 0.631. The van der Waals surface area contributed by atoms with Crippen molar-refractivity contribution >= 4 is 0 Å². The van der Waals surface area contributed by atoms with Gasteiger partial charge in [0.05, 0.1) is 0 Å². The van der Waals surface area contributed by atoms with Crippen molar-refractivity contribution in [3.8, 4) is 11.5 Å². The third-order valence-corrected chi connectivity index (χ3v) is 3.07. The summed E-state index contributed by atoms with van der Waals surface area (Å²) >= 11 is 0. The van der Waals surface area contributed by atoms with Crippen LogP contribution >= 0.6 is 0 Å². The minimum Gasteiger partial charge on any atom is -0.508 e. The van der Waals surface area contributed by atoms with E-state index in [2.05, 4.69) is 26.1 Å². The second-order valence-electron chi connectivity index (χ2n) is 4.91. The molecule has 1 aromatic carbocycles. The standard InChI is InChI=1S/C13H22N2O2/c1-4-13(2,3)15-11(8-14)10-6-5-9(16)7-12(10)17/h5-7,11,15-17H,4,8,14H2,1-3H3. The molecule has 1 atom stereocenters. The summed E-state index contributed by atoms with van der Waals surface area (Å²) in [5, 5.41) is 22.5. The molecule has 1 rings (SSSR count). The van der Waals surface area contributed by atoms with Crippen molar-refractivity contribution in [2.45, 2.75) is 38.8 Å². The summed E-state index contributed by atoms with van der Waals surface area (Å²) in [7, 11) is 0. The number of nitrogens with one attached hydrogen (secondary N) is 1. The van der Waals surface area contributed by atoms with Gasteiger partial charge in [0.25, 0.3) is 0 Å². The van der Waals surface area contributed by atoms with Gasteiger partial charge in [-0.25, -0.2) is 0 Å². The van der Waals surface area contributed by atoms with Gasteiger partial charge in [-0.15, -0.1) is 0 Å². The van der Waals surface area contributed by atoms with Gasteiger partial charge >= 0.3 is 0 Å². The first kappa shape index (κ1) is 13.8. The van der Waals surface area contributed by atoms with Crippen LogP contribution in [0.4, 0.5) is 0 Å². The van der Waals surface area contributed by atoms with Crippen LogP contribution in [0.5, 0.6) is 11.5 Å². The normalized spacial score (nSPS) is 13.6. The first-order valence-corrected chi connectivity index (χ1v) is 5.89. The van der Waals surface area contributed by atoms with E-state index in [9.17, 15) is 10.2 Å². The monoisotopic (exact) mass is 238 g/mol. The van der Waals surface area contributed by atoms with Crippen LogP contribution < -0.4 is 11.1 Å². The summed E-state index contributed by atoms with van der Waals surface area (Å²) in [5.41, 5.74) is 6.40. The van der Waals surface area contributed by atoms with Crippen molar-refractivity contribution in [3.05, 3.63) is 23.8 Å². The van der Waals surface area contributed by atoms with Crippen LogP contribution in [-0.4, -0.2) is 22.3 Å². The third kappa shape index (κ3) is 3.61. The molecular formula is C13H22N2O2. The highest BCUT2D eigenvalue weighted by atomic mass is 16.3. The first-order valence-electron chi connectivity index (χ1n) is 5.89. The molecule has 0 heterocycles. The molecule has 4 nitrogen and oxygen atoms in total. The fourth-order valence-corrected chi connectivity index (χ4v) is 1.66. The zero-order valence-electron chi connectivity index (χ0n) is 10.7. The second kappa shape index (κ2) is 5.38. The van der Waals surface area contributed by atoms with Gasteiger partial charge in [0.2, 0.25) is 0 Å². The SMILES string of the molecule is CCC(C)(C)NC(CN)c1ccc(O)cc1O. The Kier molecular flexibility index (Phi) is 4.37. The molecule has 0 aromatic heterocycles. The summed E-state index contributed by atoms with van der Waals surface area (Å²) in [6, 6.07) is 4.46. The van der Waals surface area contributed by atoms with Crippen molar-refractivity contribution in [2.75, 3.05) is 6.54 Å². The molecule has 4 heteroatoms. The first-order chi connectivity index (χ1) is 7.89. The van der Waals surface area contributed by atoms with E-state index in [0.717, 1.165) is 6.42 Å². The maximum atomic E-state index is 9.81. The molecular weight excluding hydrogens is 216 g/mol. The van der Waals surface area contributed by atoms with Crippen LogP contribution in [0.25, 0.3) is 0 Å². The van der Waals surface area contributed by atoms with Gasteiger partial charge in [-0.1, -0.05) is 13.0 Å². The van der Waals surface area contributed by atoms with Gasteiger partial charge in [0, 0.05) is 29.8 Å². The Bertz CT molecular complexity index is 378. The Balaban J connectivity index is 2.94. The highest BCUT2D eigenvalue weighted by Gasteiger charge is 2.22. The molecule has 0 saturated carbocycles. The lowest BCUT2D eigenvalue weighted by molar-refractivity contribution is 0.323. The number of hydrogen-bond acceptors (Lipinski definition) is 4. The lowest BCUT2D eigenvalue weighted by Crippen LogP contribution is -2.43. The Morgan fingerprint density at radius 2 is 2.00 bits per heavy atom. The van der Waals surface area contributed by atoms with E-state index in [1.165, 1.54) is 6.07 Å². The lowest BCUT2D eigenvalue weighted by Gasteiger charge is -2.31. The smallest absolute Gasteiger partial charge is 0.124 e. The zero-order valence-corrected chi connectivity index (χ0v) is 10.7. The highest BCUT2D eigenvalue weighted by Crippen LogP contribution is 2.29. The number of phenols is 2. The average molecular weight is 238 g/mol. The van der Waals surface area contributed by atoms with E-state index in [1.54, 1.807) is 12.1 Å². The molecule has 0 fully saturated rings. The fraction of sp³-hybridized carbons (Fsp3) is 0.538. The lowest BCUT2D eigenvalue weighted by atomic mass is 9.97. The van der Waals surface area contributed by atoms with Crippen LogP contribution in [0.1, 0.15) is 38.8 Å². The minimum absolute atomic E-state index is 0.0473. The molecule has 0 aliphatic carbocycles. The van der Waals surface area contributed by atoms with Gasteiger partial charge in [0.1, 0.15) is 11.5 Å². The number of rotatable bonds is 5. The predicted octanol–water partition coefficient (Wildman–Crippen LogP) is 1.88. The summed E-state index contributed by atoms with van der Waals surface area (Å²) in [5.74, 6) is 0.122. The largest absolute Gasteiger partial charge is 0.508 e. The minimum atomic E-state index is -0.120. The molecule has 0 radical (unpaired) electrons. The molecule has 0 aliphatic heterocycles. The maximum Gasteiger partial charge on any atom is 0.124 e. The predicted molar refractivity (Wildman–Crippen MR) is 69.1 cm³/mol. The summed E-state index contributed by atoms with van der Waals surface area (Å²) in [4.78, 5) is 0. The summed E-state index contributed by atoms with van der Waals surface area (Å²) < 4.78 is 0. The van der Waals surface area contributed by atoms with Crippen molar-refractivity contribution in [1.82, 2.24) is 5.32 Å². The molecule has 0 amide bonds. The molecule has 0 saturated heterocycles. The Morgan fingerprint density at radius 1 is 1.35 bits per heavy atom. The number of nitrogens with two attached hydrogens (primary N) is 1. The number of hydrogen-bond donors (Lipinski definition) is 4. The molecule has 1 aromatic rings. The van der Waals surface area contributed by atoms with E-state index in [4.69, 9.17) is 5.73 Å². The fourth-order valence-electron chi connectivity index (χ4n) is 1.66. The summed E-state index contributed by atoms with van der Waals surface area (Å²) in [6.45, 7) is 6.67. The van der Waals surface area contributed by atoms with E-state index < -0.39 is 0 Å². The molecule has 0 aliphatic rings. The number of benzene rings is 1. The maximum absolute atomic E-state index is 9.81. The molecule has 0 spiro atoms. The third-order valence-electron chi connectivity index (χ3n) is 3.07. The van der Waals surface area contributed by atoms with E-state index in [-0.39, 0.29) is 23.1 Å². The molecule has 0 bridgehead atoms. The summed E-state index contributed by atoms with van der Waals surface area (Å²) in [6.07, 6.45) is 0.961. The second-order valence-corrected chi connectivity index (χ2v) is 4.91. The average Bonchev–Trinajstić information content (AvgIpc) is 2.26. The Hall–Kier alpha value is -1.26. The van der Waals surface area contributed by atoms with Crippen LogP contribution in [0.15, 0.2) is 18.2 Å². The molecule has 1 unspecified atom stereocenters. The molecule has 5 N–H and O–H groups in total. The van der Waals surface area contributed by atoms with E-state index in [1.807, 2.05) is 0 Å². The van der Waals surface area contributed by atoms with Crippen molar-refractivity contribution in [3.63, 3.8) is 0 Å². The Labute approximate surface area is 102 Å². The van der Waals surface area contributed by atoms with Crippen molar-refractivity contribution in [1.29, 1.82) is 0 Å².